The average molecular weight is 143 g/mol. The molecule has 0 unspecified atom stereocenters. The molecule has 0 amide bonds. The van der Waals surface area contributed by atoms with Crippen molar-refractivity contribution in [1.29, 1.82) is 0 Å². The lowest BCUT2D eigenvalue weighted by Crippen LogP contribution is -2.18. The minimum atomic E-state index is 0.731. The molecule has 62 valence electrons. The van der Waals surface area contributed by atoms with E-state index in [4.69, 9.17) is 0 Å². The topological polar surface area (TPSA) is 12.0 Å². The molecular formula is C9H21N. The van der Waals surface area contributed by atoms with Gasteiger partial charge in [0.2, 0.25) is 0 Å². The summed E-state index contributed by atoms with van der Waals surface area (Å²) in [5.74, 6) is 0. The smallest absolute Gasteiger partial charge is 0.000471 e. The van der Waals surface area contributed by atoms with Gasteiger partial charge in [-0.25, -0.2) is 0 Å². The van der Waals surface area contributed by atoms with Crippen LogP contribution in [0.4, 0.5) is 0 Å². The van der Waals surface area contributed by atoms with E-state index >= 15 is 0 Å². The highest BCUT2D eigenvalue weighted by atomic mass is 14.8. The predicted octanol–water partition coefficient (Wildman–Crippen LogP) is 2.42. The first-order valence-electron chi connectivity index (χ1n) is 4.47. The Morgan fingerprint density at radius 3 is 1.90 bits per heavy atom. The lowest BCUT2D eigenvalue weighted by molar-refractivity contribution is 0.465. The van der Waals surface area contributed by atoms with Crippen LogP contribution in [0, 0.1) is 5.41 Å². The Kier molecular flexibility index (Phi) is 4.71. The van der Waals surface area contributed by atoms with E-state index in [0.717, 1.165) is 5.41 Å². The van der Waals surface area contributed by atoms with Crippen molar-refractivity contribution in [2.24, 2.45) is 5.41 Å². The summed E-state index contributed by atoms with van der Waals surface area (Å²) < 4.78 is 0. The zero-order chi connectivity index (χ0) is 8.04. The van der Waals surface area contributed by atoms with Crippen LogP contribution in [0.1, 0.15) is 40.0 Å². The molecule has 1 N–H and O–H groups in total. The van der Waals surface area contributed by atoms with Crippen LogP contribution >= 0.6 is 0 Å². The Morgan fingerprint density at radius 2 is 1.80 bits per heavy atom. The molecule has 1 nitrogen and oxygen atoms in total. The number of rotatable bonds is 3. The molecule has 0 saturated heterocycles. The fourth-order valence-corrected chi connectivity index (χ4v) is 1.21. The van der Waals surface area contributed by atoms with Crippen molar-refractivity contribution in [3.05, 3.63) is 0 Å². The van der Waals surface area contributed by atoms with E-state index in [2.05, 4.69) is 12.2 Å². The fourth-order valence-electron chi connectivity index (χ4n) is 1.21. The molecule has 0 aromatic rings. The van der Waals surface area contributed by atoms with E-state index in [1.165, 1.54) is 25.8 Å². The molecule has 1 fully saturated rings. The first-order valence-corrected chi connectivity index (χ1v) is 4.47. The van der Waals surface area contributed by atoms with Gasteiger partial charge in [0.05, 0.1) is 0 Å². The van der Waals surface area contributed by atoms with Crippen molar-refractivity contribution in [1.82, 2.24) is 5.32 Å². The third kappa shape index (κ3) is 2.70. The van der Waals surface area contributed by atoms with Gasteiger partial charge in [0, 0.05) is 6.54 Å². The molecule has 0 atom stereocenters. The van der Waals surface area contributed by atoms with Crippen LogP contribution in [0.2, 0.25) is 0 Å². The summed E-state index contributed by atoms with van der Waals surface area (Å²) in [6.07, 6.45) is 4.25. The number of hydrogen-bond donors (Lipinski definition) is 1. The molecule has 0 aromatic carbocycles. The van der Waals surface area contributed by atoms with Crippen molar-refractivity contribution in [3.63, 3.8) is 0 Å². The van der Waals surface area contributed by atoms with Gasteiger partial charge in [0.15, 0.2) is 0 Å². The average Bonchev–Trinajstić information content (AvgIpc) is 2.75. The molecular weight excluding hydrogens is 122 g/mol. The van der Waals surface area contributed by atoms with Crippen LogP contribution in [-0.2, 0) is 0 Å². The second-order valence-electron chi connectivity index (χ2n) is 2.88. The van der Waals surface area contributed by atoms with Crippen molar-refractivity contribution in [2.75, 3.05) is 13.6 Å². The fraction of sp³-hybridized carbons (Fsp3) is 1.00. The third-order valence-electron chi connectivity index (χ3n) is 2.26. The van der Waals surface area contributed by atoms with Crippen LogP contribution < -0.4 is 5.32 Å². The molecule has 1 aliphatic carbocycles. The summed E-state index contributed by atoms with van der Waals surface area (Å²) in [5.41, 5.74) is 0.731. The Morgan fingerprint density at radius 1 is 1.30 bits per heavy atom. The summed E-state index contributed by atoms with van der Waals surface area (Å²) >= 11 is 0. The maximum Gasteiger partial charge on any atom is 0.000471 e. The van der Waals surface area contributed by atoms with E-state index in [9.17, 15) is 0 Å². The molecule has 1 aliphatic rings. The largest absolute Gasteiger partial charge is 0.319 e. The normalized spacial score (nSPS) is 19.2. The zero-order valence-corrected chi connectivity index (χ0v) is 7.83. The van der Waals surface area contributed by atoms with E-state index < -0.39 is 0 Å². The van der Waals surface area contributed by atoms with Crippen LogP contribution in [0.3, 0.4) is 0 Å². The number of hydrogen-bond acceptors (Lipinski definition) is 1. The lowest BCUT2D eigenvalue weighted by Gasteiger charge is -2.09. The Hall–Kier alpha value is -0.0400. The minimum absolute atomic E-state index is 0.731. The Bertz CT molecular complexity index is 74.8. The molecule has 0 radical (unpaired) electrons. The molecule has 1 rings (SSSR count). The molecule has 0 aliphatic heterocycles. The van der Waals surface area contributed by atoms with Crippen molar-refractivity contribution >= 4 is 0 Å². The zero-order valence-electron chi connectivity index (χ0n) is 7.83. The monoisotopic (exact) mass is 143 g/mol. The number of nitrogens with one attached hydrogen (secondary N) is 1. The molecule has 1 saturated carbocycles. The third-order valence-corrected chi connectivity index (χ3v) is 2.26. The SMILES string of the molecule is CC.CCC1(CNC)CC1. The molecule has 1 heteroatoms. The summed E-state index contributed by atoms with van der Waals surface area (Å²) in [6.45, 7) is 7.51. The Balaban J connectivity index is 0.000000371. The van der Waals surface area contributed by atoms with E-state index in [1.54, 1.807) is 0 Å². The lowest BCUT2D eigenvalue weighted by atomic mass is 10.1. The van der Waals surface area contributed by atoms with Gasteiger partial charge in [-0.1, -0.05) is 20.8 Å². The van der Waals surface area contributed by atoms with Crippen LogP contribution in [0.15, 0.2) is 0 Å². The second kappa shape index (κ2) is 4.73. The van der Waals surface area contributed by atoms with Gasteiger partial charge in [0.1, 0.15) is 0 Å². The van der Waals surface area contributed by atoms with Crippen LogP contribution in [0.5, 0.6) is 0 Å². The second-order valence-corrected chi connectivity index (χ2v) is 2.88. The summed E-state index contributed by atoms with van der Waals surface area (Å²) in [6, 6.07) is 0. The molecule has 0 heterocycles. The highest BCUT2D eigenvalue weighted by molar-refractivity contribution is 4.92. The van der Waals surface area contributed by atoms with Gasteiger partial charge in [-0.2, -0.15) is 0 Å². The van der Waals surface area contributed by atoms with Crippen molar-refractivity contribution in [3.8, 4) is 0 Å². The highest BCUT2D eigenvalue weighted by Crippen LogP contribution is 2.47. The van der Waals surface area contributed by atoms with Crippen molar-refractivity contribution in [2.45, 2.75) is 40.0 Å². The van der Waals surface area contributed by atoms with E-state index in [1.807, 2.05) is 20.9 Å². The van der Waals surface area contributed by atoms with Gasteiger partial charge in [-0.15, -0.1) is 0 Å². The van der Waals surface area contributed by atoms with Gasteiger partial charge >= 0.3 is 0 Å². The maximum atomic E-state index is 3.22. The van der Waals surface area contributed by atoms with Crippen LogP contribution in [-0.4, -0.2) is 13.6 Å². The van der Waals surface area contributed by atoms with Gasteiger partial charge in [-0.05, 0) is 31.7 Å². The van der Waals surface area contributed by atoms with Gasteiger partial charge < -0.3 is 5.32 Å². The van der Waals surface area contributed by atoms with Crippen LogP contribution in [0.25, 0.3) is 0 Å². The first-order chi connectivity index (χ1) is 4.83. The summed E-state index contributed by atoms with van der Waals surface area (Å²) in [5, 5.41) is 3.22. The Labute approximate surface area is 65.2 Å². The molecule has 10 heavy (non-hydrogen) atoms. The highest BCUT2D eigenvalue weighted by Gasteiger charge is 2.39. The van der Waals surface area contributed by atoms with E-state index in [0.29, 0.717) is 0 Å². The first kappa shape index (κ1) is 9.96. The standard InChI is InChI=1S/C7H15N.C2H6/c1-3-7(4-5-7)6-8-2;1-2/h8H,3-6H2,1-2H3;1-2H3. The molecule has 0 spiro atoms. The van der Waals surface area contributed by atoms with Gasteiger partial charge in [-0.3, -0.25) is 0 Å². The molecule has 0 bridgehead atoms. The predicted molar refractivity (Wildman–Crippen MR) is 47.2 cm³/mol. The maximum absolute atomic E-state index is 3.22. The quantitative estimate of drug-likeness (QED) is 0.640. The van der Waals surface area contributed by atoms with Crippen molar-refractivity contribution < 1.29 is 0 Å². The summed E-state index contributed by atoms with van der Waals surface area (Å²) in [7, 11) is 2.04. The summed E-state index contributed by atoms with van der Waals surface area (Å²) in [4.78, 5) is 0. The van der Waals surface area contributed by atoms with E-state index in [-0.39, 0.29) is 0 Å². The molecule has 0 aromatic heterocycles. The minimum Gasteiger partial charge on any atom is -0.319 e. The van der Waals surface area contributed by atoms with Gasteiger partial charge in [0.25, 0.3) is 0 Å².